The maximum Gasteiger partial charge on any atom is 0.150 e. The average molecular weight is 266 g/mol. The van der Waals surface area contributed by atoms with Crippen molar-refractivity contribution in [1.29, 1.82) is 5.26 Å². The van der Waals surface area contributed by atoms with E-state index in [2.05, 4.69) is 16.0 Å². The van der Waals surface area contributed by atoms with E-state index in [0.717, 1.165) is 16.3 Å². The first kappa shape index (κ1) is 11.6. The van der Waals surface area contributed by atoms with Crippen LogP contribution < -0.4 is 0 Å². The number of nitriles is 1. The molecule has 0 bridgehead atoms. The lowest BCUT2D eigenvalue weighted by Crippen LogP contribution is -2.03. The monoisotopic (exact) mass is 266 g/mol. The third-order valence-electron chi connectivity index (χ3n) is 2.79. The van der Waals surface area contributed by atoms with Crippen LogP contribution in [-0.4, -0.2) is 14.5 Å². The Balaban J connectivity index is 1.97. The van der Waals surface area contributed by atoms with Crippen LogP contribution in [0.25, 0.3) is 10.7 Å². The summed E-state index contributed by atoms with van der Waals surface area (Å²) < 4.78 is 2.03. The second-order valence-corrected chi connectivity index (χ2v) is 4.93. The van der Waals surface area contributed by atoms with Gasteiger partial charge in [-0.2, -0.15) is 5.26 Å². The van der Waals surface area contributed by atoms with Crippen molar-refractivity contribution in [2.45, 2.75) is 6.54 Å². The lowest BCUT2D eigenvalue weighted by molar-refractivity contribution is 0.801. The van der Waals surface area contributed by atoms with Crippen LogP contribution in [0.15, 0.2) is 48.2 Å². The third-order valence-corrected chi connectivity index (χ3v) is 3.66. The summed E-state index contributed by atoms with van der Waals surface area (Å²) in [4.78, 5) is 9.58. The summed E-state index contributed by atoms with van der Waals surface area (Å²) >= 11 is 1.65. The zero-order valence-electron chi connectivity index (χ0n) is 10.0. The van der Waals surface area contributed by atoms with Crippen molar-refractivity contribution >= 4 is 11.3 Å². The number of imidazole rings is 1. The molecule has 0 atom stereocenters. The summed E-state index contributed by atoms with van der Waals surface area (Å²) in [6, 6.07) is 9.93. The smallest absolute Gasteiger partial charge is 0.150 e. The topological polar surface area (TPSA) is 54.5 Å². The quantitative estimate of drug-likeness (QED) is 0.732. The van der Waals surface area contributed by atoms with Crippen molar-refractivity contribution in [2.24, 2.45) is 0 Å². The molecule has 19 heavy (non-hydrogen) atoms. The lowest BCUT2D eigenvalue weighted by Gasteiger charge is -2.07. The maximum absolute atomic E-state index is 9.07. The molecule has 0 saturated heterocycles. The highest BCUT2D eigenvalue weighted by Crippen LogP contribution is 2.23. The van der Waals surface area contributed by atoms with Gasteiger partial charge in [0, 0.05) is 24.2 Å². The van der Waals surface area contributed by atoms with Crippen molar-refractivity contribution in [3.05, 3.63) is 59.5 Å². The molecule has 0 fully saturated rings. The Hall–Kier alpha value is -2.45. The van der Waals surface area contributed by atoms with E-state index in [4.69, 9.17) is 5.26 Å². The molecular weight excluding hydrogens is 256 g/mol. The maximum atomic E-state index is 9.07. The second-order valence-electron chi connectivity index (χ2n) is 3.98. The van der Waals surface area contributed by atoms with Gasteiger partial charge in [-0.15, -0.1) is 11.3 Å². The molecule has 0 amide bonds. The molecule has 0 aliphatic carbocycles. The van der Waals surface area contributed by atoms with E-state index < -0.39 is 0 Å². The van der Waals surface area contributed by atoms with E-state index in [1.54, 1.807) is 23.7 Å². The highest BCUT2D eigenvalue weighted by atomic mass is 32.1. The van der Waals surface area contributed by atoms with Crippen molar-refractivity contribution in [2.75, 3.05) is 0 Å². The normalized spacial score (nSPS) is 10.3. The summed E-state index contributed by atoms with van der Waals surface area (Å²) in [5.41, 5.74) is 1.37. The van der Waals surface area contributed by atoms with Crippen molar-refractivity contribution in [3.8, 4) is 16.8 Å². The largest absolute Gasteiger partial charge is 0.326 e. The van der Waals surface area contributed by atoms with Gasteiger partial charge in [0.25, 0.3) is 0 Å². The molecule has 0 aliphatic rings. The molecule has 0 saturated carbocycles. The second kappa shape index (κ2) is 5.04. The van der Waals surface area contributed by atoms with Gasteiger partial charge >= 0.3 is 0 Å². The molecule has 3 heterocycles. The van der Waals surface area contributed by atoms with Crippen LogP contribution in [0.1, 0.15) is 11.3 Å². The molecule has 5 heteroatoms. The van der Waals surface area contributed by atoms with Gasteiger partial charge in [-0.25, -0.2) is 9.97 Å². The molecule has 0 aliphatic heterocycles. The van der Waals surface area contributed by atoms with E-state index in [0.29, 0.717) is 12.2 Å². The number of thiophene rings is 1. The lowest BCUT2D eigenvalue weighted by atomic mass is 10.2. The zero-order chi connectivity index (χ0) is 13.1. The predicted octanol–water partition coefficient (Wildman–Crippen LogP) is 2.93. The van der Waals surface area contributed by atoms with Crippen LogP contribution in [0.2, 0.25) is 0 Å². The fourth-order valence-electron chi connectivity index (χ4n) is 1.92. The summed E-state index contributed by atoms with van der Waals surface area (Å²) in [5.74, 6) is 0.919. The van der Waals surface area contributed by atoms with Crippen LogP contribution in [0.5, 0.6) is 0 Å². The minimum atomic E-state index is 0.466. The Bertz CT molecular complexity index is 722. The SMILES string of the molecule is N#Cc1ncccc1Cn1ccnc1-c1cccs1. The Morgan fingerprint density at radius 1 is 1.21 bits per heavy atom. The molecule has 0 unspecified atom stereocenters. The standard InChI is InChI=1S/C14H10N4S/c15-9-12-11(3-1-5-16-12)10-18-7-6-17-14(18)13-4-2-8-19-13/h1-8H,10H2. The fourth-order valence-corrected chi connectivity index (χ4v) is 2.65. The van der Waals surface area contributed by atoms with E-state index in [1.165, 1.54) is 0 Å². The summed E-state index contributed by atoms with van der Waals surface area (Å²) in [6.45, 7) is 0.601. The van der Waals surface area contributed by atoms with Gasteiger partial charge in [-0.3, -0.25) is 0 Å². The Morgan fingerprint density at radius 3 is 2.95 bits per heavy atom. The minimum absolute atomic E-state index is 0.466. The summed E-state index contributed by atoms with van der Waals surface area (Å²) in [6.07, 6.45) is 5.33. The molecule has 0 spiro atoms. The average Bonchev–Trinajstić information content (AvgIpc) is 3.09. The van der Waals surface area contributed by atoms with Crippen molar-refractivity contribution in [1.82, 2.24) is 14.5 Å². The van der Waals surface area contributed by atoms with Crippen LogP contribution in [0.3, 0.4) is 0 Å². The zero-order valence-corrected chi connectivity index (χ0v) is 10.8. The minimum Gasteiger partial charge on any atom is -0.326 e. The predicted molar refractivity (Wildman–Crippen MR) is 73.6 cm³/mol. The van der Waals surface area contributed by atoms with Crippen LogP contribution in [0.4, 0.5) is 0 Å². The fraction of sp³-hybridized carbons (Fsp3) is 0.0714. The highest BCUT2D eigenvalue weighted by Gasteiger charge is 2.09. The Morgan fingerprint density at radius 2 is 2.16 bits per heavy atom. The first-order valence-electron chi connectivity index (χ1n) is 5.77. The van der Waals surface area contributed by atoms with E-state index in [1.807, 2.05) is 40.4 Å². The number of rotatable bonds is 3. The number of nitrogens with zero attached hydrogens (tertiary/aromatic N) is 4. The van der Waals surface area contributed by atoms with Gasteiger partial charge in [0.05, 0.1) is 11.4 Å². The molecule has 92 valence electrons. The van der Waals surface area contributed by atoms with Crippen molar-refractivity contribution < 1.29 is 0 Å². The van der Waals surface area contributed by atoms with Gasteiger partial charge in [-0.1, -0.05) is 12.1 Å². The van der Waals surface area contributed by atoms with Gasteiger partial charge in [0.2, 0.25) is 0 Å². The molecule has 0 radical (unpaired) electrons. The summed E-state index contributed by atoms with van der Waals surface area (Å²) in [7, 11) is 0. The van der Waals surface area contributed by atoms with Gasteiger partial charge in [0.1, 0.15) is 17.6 Å². The van der Waals surface area contributed by atoms with Crippen LogP contribution in [-0.2, 0) is 6.54 Å². The van der Waals surface area contributed by atoms with E-state index in [-0.39, 0.29) is 0 Å². The highest BCUT2D eigenvalue weighted by molar-refractivity contribution is 7.13. The van der Waals surface area contributed by atoms with Crippen molar-refractivity contribution in [3.63, 3.8) is 0 Å². The van der Waals surface area contributed by atoms with Gasteiger partial charge in [-0.05, 0) is 17.5 Å². The van der Waals surface area contributed by atoms with Gasteiger partial charge < -0.3 is 4.57 Å². The van der Waals surface area contributed by atoms with E-state index >= 15 is 0 Å². The molecule has 0 aromatic carbocycles. The molecular formula is C14H10N4S. The molecule has 3 rings (SSSR count). The first-order valence-corrected chi connectivity index (χ1v) is 6.65. The number of aromatic nitrogens is 3. The molecule has 4 nitrogen and oxygen atoms in total. The molecule has 3 aromatic heterocycles. The van der Waals surface area contributed by atoms with Crippen LogP contribution >= 0.6 is 11.3 Å². The number of hydrogen-bond acceptors (Lipinski definition) is 4. The summed E-state index contributed by atoms with van der Waals surface area (Å²) in [5, 5.41) is 11.1. The Kier molecular flexibility index (Phi) is 3.09. The Labute approximate surface area is 114 Å². The number of hydrogen-bond donors (Lipinski definition) is 0. The number of pyridine rings is 1. The van der Waals surface area contributed by atoms with Crippen LogP contribution in [0, 0.1) is 11.3 Å². The molecule has 0 N–H and O–H groups in total. The van der Waals surface area contributed by atoms with E-state index in [9.17, 15) is 0 Å². The molecule has 3 aromatic rings. The first-order chi connectivity index (χ1) is 9.38. The van der Waals surface area contributed by atoms with Gasteiger partial charge in [0.15, 0.2) is 0 Å². The third kappa shape index (κ3) is 2.26.